The molecule has 1 fully saturated rings. The Morgan fingerprint density at radius 2 is 1.93 bits per heavy atom. The van der Waals surface area contributed by atoms with Crippen molar-refractivity contribution in [2.75, 3.05) is 25.5 Å². The molecule has 1 amide bonds. The molecule has 0 aliphatic carbocycles. The standard InChI is InChI=1S/C20H20ClN3O4S/c1-28-19-5-3-2-4-18(19)23-20(25)14-8-10-24(11-9-14)29(26,27)16-6-7-17(21)15(12-16)13-22/h2-7,12,14H,8-11H2,1H3,(H,23,25). The molecule has 0 atom stereocenters. The van der Waals surface area contributed by atoms with E-state index in [9.17, 15) is 13.2 Å². The summed E-state index contributed by atoms with van der Waals surface area (Å²) in [5.41, 5.74) is 0.694. The number of halogens is 1. The van der Waals surface area contributed by atoms with Crippen LogP contribution in [-0.4, -0.2) is 38.8 Å². The minimum Gasteiger partial charge on any atom is -0.495 e. The molecule has 2 aromatic rings. The summed E-state index contributed by atoms with van der Waals surface area (Å²) >= 11 is 5.89. The molecule has 9 heteroatoms. The molecule has 2 aromatic carbocycles. The minimum absolute atomic E-state index is 0.0235. The van der Waals surface area contributed by atoms with E-state index in [1.807, 2.05) is 12.1 Å². The zero-order valence-corrected chi connectivity index (χ0v) is 17.3. The minimum atomic E-state index is -3.76. The zero-order chi connectivity index (χ0) is 21.0. The lowest BCUT2D eigenvalue weighted by Crippen LogP contribution is -2.41. The molecule has 7 nitrogen and oxygen atoms in total. The Kier molecular flexibility index (Phi) is 6.42. The quantitative estimate of drug-likeness (QED) is 0.780. The van der Waals surface area contributed by atoms with Gasteiger partial charge in [0.05, 0.1) is 28.3 Å². The summed E-state index contributed by atoms with van der Waals surface area (Å²) in [6, 6.07) is 13.1. The lowest BCUT2D eigenvalue weighted by molar-refractivity contribution is -0.120. The van der Waals surface area contributed by atoms with Gasteiger partial charge in [-0.1, -0.05) is 23.7 Å². The Morgan fingerprint density at radius 3 is 2.59 bits per heavy atom. The third-order valence-corrected chi connectivity index (χ3v) is 7.11. The highest BCUT2D eigenvalue weighted by Crippen LogP contribution is 2.28. The molecular formula is C20H20ClN3O4S. The first kappa shape index (κ1) is 21.1. The molecule has 1 aliphatic rings. The summed E-state index contributed by atoms with van der Waals surface area (Å²) < 4.78 is 32.3. The number of amides is 1. The highest BCUT2D eigenvalue weighted by Gasteiger charge is 2.32. The van der Waals surface area contributed by atoms with Crippen LogP contribution in [0.15, 0.2) is 47.4 Å². The molecule has 1 heterocycles. The molecule has 1 saturated heterocycles. The van der Waals surface area contributed by atoms with Crippen molar-refractivity contribution in [3.05, 3.63) is 53.1 Å². The Bertz CT molecular complexity index is 1060. The summed E-state index contributed by atoms with van der Waals surface area (Å²) in [4.78, 5) is 12.6. The fraction of sp³-hybridized carbons (Fsp3) is 0.300. The largest absolute Gasteiger partial charge is 0.495 e. The monoisotopic (exact) mass is 433 g/mol. The number of sulfonamides is 1. The van der Waals surface area contributed by atoms with Gasteiger partial charge in [-0.15, -0.1) is 0 Å². The number of carbonyl (C=O) groups excluding carboxylic acids is 1. The molecule has 0 radical (unpaired) electrons. The number of nitrogens with one attached hydrogen (secondary N) is 1. The van der Waals surface area contributed by atoms with Crippen molar-refractivity contribution < 1.29 is 17.9 Å². The van der Waals surface area contributed by atoms with Crippen LogP contribution in [-0.2, 0) is 14.8 Å². The van der Waals surface area contributed by atoms with Crippen LogP contribution in [0.4, 0.5) is 5.69 Å². The van der Waals surface area contributed by atoms with Crippen molar-refractivity contribution in [3.63, 3.8) is 0 Å². The van der Waals surface area contributed by atoms with Crippen LogP contribution in [0.5, 0.6) is 5.75 Å². The Balaban J connectivity index is 1.67. The van der Waals surface area contributed by atoms with E-state index in [1.165, 1.54) is 29.6 Å². The SMILES string of the molecule is COc1ccccc1NC(=O)C1CCN(S(=O)(=O)c2ccc(Cl)c(C#N)c2)CC1. The number of nitrogens with zero attached hydrogens (tertiary/aromatic N) is 2. The van der Waals surface area contributed by atoms with Gasteiger partial charge in [-0.05, 0) is 43.2 Å². The molecule has 152 valence electrons. The molecule has 29 heavy (non-hydrogen) atoms. The van der Waals surface area contributed by atoms with Crippen molar-refractivity contribution in [3.8, 4) is 11.8 Å². The van der Waals surface area contributed by atoms with Gasteiger partial charge in [0.1, 0.15) is 11.8 Å². The molecule has 0 saturated carbocycles. The molecule has 0 unspecified atom stereocenters. The molecular weight excluding hydrogens is 414 g/mol. The maximum Gasteiger partial charge on any atom is 0.243 e. The lowest BCUT2D eigenvalue weighted by Gasteiger charge is -2.30. The number of piperidine rings is 1. The Morgan fingerprint density at radius 1 is 1.24 bits per heavy atom. The molecule has 0 spiro atoms. The number of hydrogen-bond donors (Lipinski definition) is 1. The second-order valence-corrected chi connectivity index (χ2v) is 8.97. The van der Waals surface area contributed by atoms with Crippen LogP contribution in [0.3, 0.4) is 0 Å². The smallest absolute Gasteiger partial charge is 0.243 e. The summed E-state index contributed by atoms with van der Waals surface area (Å²) in [5.74, 6) is 0.105. The first-order valence-corrected chi connectivity index (χ1v) is 10.8. The zero-order valence-electron chi connectivity index (χ0n) is 15.8. The van der Waals surface area contributed by atoms with Crippen molar-refractivity contribution in [2.45, 2.75) is 17.7 Å². The number of para-hydroxylation sites is 2. The van der Waals surface area contributed by atoms with Gasteiger partial charge in [0, 0.05) is 19.0 Å². The maximum atomic E-state index is 12.9. The predicted octanol–water partition coefficient (Wildman–Crippen LogP) is 3.26. The molecule has 1 aliphatic heterocycles. The van der Waals surface area contributed by atoms with E-state index >= 15 is 0 Å². The van der Waals surface area contributed by atoms with Gasteiger partial charge in [-0.2, -0.15) is 9.57 Å². The summed E-state index contributed by atoms with van der Waals surface area (Å²) in [6.45, 7) is 0.438. The third-order valence-electron chi connectivity index (χ3n) is 4.89. The van der Waals surface area contributed by atoms with Crippen LogP contribution in [0.25, 0.3) is 0 Å². The number of anilines is 1. The molecule has 0 bridgehead atoms. The van der Waals surface area contributed by atoms with Gasteiger partial charge < -0.3 is 10.1 Å². The number of rotatable bonds is 5. The van der Waals surface area contributed by atoms with Crippen LogP contribution in [0.1, 0.15) is 18.4 Å². The lowest BCUT2D eigenvalue weighted by atomic mass is 9.97. The Labute approximate surface area is 174 Å². The highest BCUT2D eigenvalue weighted by molar-refractivity contribution is 7.89. The van der Waals surface area contributed by atoms with E-state index in [2.05, 4.69) is 5.32 Å². The fourth-order valence-corrected chi connectivity index (χ4v) is 4.90. The average Bonchev–Trinajstić information content (AvgIpc) is 2.74. The normalized spacial score (nSPS) is 15.5. The number of benzene rings is 2. The molecule has 1 N–H and O–H groups in total. The fourth-order valence-electron chi connectivity index (χ4n) is 3.24. The van der Waals surface area contributed by atoms with E-state index in [0.29, 0.717) is 24.3 Å². The van der Waals surface area contributed by atoms with Gasteiger partial charge in [0.2, 0.25) is 15.9 Å². The van der Waals surface area contributed by atoms with Crippen LogP contribution in [0.2, 0.25) is 5.02 Å². The van der Waals surface area contributed by atoms with Crippen molar-refractivity contribution in [1.82, 2.24) is 4.31 Å². The third kappa shape index (κ3) is 4.53. The van der Waals surface area contributed by atoms with Crippen LogP contribution < -0.4 is 10.1 Å². The second kappa shape index (κ2) is 8.82. The predicted molar refractivity (Wildman–Crippen MR) is 109 cm³/mol. The van der Waals surface area contributed by atoms with Gasteiger partial charge in [0.25, 0.3) is 0 Å². The van der Waals surface area contributed by atoms with E-state index < -0.39 is 10.0 Å². The van der Waals surface area contributed by atoms with Crippen molar-refractivity contribution in [1.29, 1.82) is 5.26 Å². The van der Waals surface area contributed by atoms with Crippen LogP contribution >= 0.6 is 11.6 Å². The summed E-state index contributed by atoms with van der Waals surface area (Å²) in [5, 5.41) is 12.1. The van der Waals surface area contributed by atoms with E-state index in [1.54, 1.807) is 18.2 Å². The summed E-state index contributed by atoms with van der Waals surface area (Å²) in [7, 11) is -2.23. The van der Waals surface area contributed by atoms with E-state index in [0.717, 1.165) is 0 Å². The average molecular weight is 434 g/mol. The van der Waals surface area contributed by atoms with E-state index in [-0.39, 0.29) is 40.4 Å². The van der Waals surface area contributed by atoms with Gasteiger partial charge in [-0.3, -0.25) is 4.79 Å². The first-order chi connectivity index (χ1) is 13.9. The molecule has 3 rings (SSSR count). The second-order valence-electron chi connectivity index (χ2n) is 6.62. The van der Waals surface area contributed by atoms with Crippen molar-refractivity contribution in [2.24, 2.45) is 5.92 Å². The van der Waals surface area contributed by atoms with Gasteiger partial charge in [-0.25, -0.2) is 8.42 Å². The number of nitriles is 1. The molecule has 0 aromatic heterocycles. The van der Waals surface area contributed by atoms with Gasteiger partial charge in [0.15, 0.2) is 0 Å². The summed E-state index contributed by atoms with van der Waals surface area (Å²) in [6.07, 6.45) is 0.803. The number of carbonyl (C=O) groups is 1. The maximum absolute atomic E-state index is 12.9. The van der Waals surface area contributed by atoms with Gasteiger partial charge >= 0.3 is 0 Å². The first-order valence-electron chi connectivity index (χ1n) is 9.00. The topological polar surface area (TPSA) is 99.5 Å². The van der Waals surface area contributed by atoms with E-state index in [4.69, 9.17) is 21.6 Å². The highest BCUT2D eigenvalue weighted by atomic mass is 35.5. The van der Waals surface area contributed by atoms with Crippen LogP contribution in [0, 0.1) is 17.2 Å². The van der Waals surface area contributed by atoms with Crippen molar-refractivity contribution >= 4 is 33.2 Å². The number of hydrogen-bond acceptors (Lipinski definition) is 5. The number of methoxy groups -OCH3 is 1. The Hall–Kier alpha value is -2.60. The number of ether oxygens (including phenoxy) is 1.